The van der Waals surface area contributed by atoms with Crippen molar-refractivity contribution in [2.24, 2.45) is 0 Å². The van der Waals surface area contributed by atoms with Crippen molar-refractivity contribution < 1.29 is 17.9 Å². The molecule has 5 heteroatoms. The molecule has 0 bridgehead atoms. The Kier molecular flexibility index (Phi) is 6.57. The highest BCUT2D eigenvalue weighted by atomic mass is 35.5. The van der Waals surface area contributed by atoms with Gasteiger partial charge in [0.05, 0.1) is 0 Å². The summed E-state index contributed by atoms with van der Waals surface area (Å²) >= 11 is 5.33. The van der Waals surface area contributed by atoms with Gasteiger partial charge in [0.15, 0.2) is 0 Å². The maximum Gasteiger partial charge on any atom is 0.389 e. The predicted octanol–water partition coefficient (Wildman–Crippen LogP) is 2.97. The molecule has 0 rings (SSSR count). The van der Waals surface area contributed by atoms with Crippen molar-refractivity contribution in [3.63, 3.8) is 0 Å². The lowest BCUT2D eigenvalue weighted by molar-refractivity contribution is -0.137. The maximum atomic E-state index is 11.6. The molecule has 0 aromatic carbocycles. The molecule has 0 aliphatic heterocycles. The van der Waals surface area contributed by atoms with Gasteiger partial charge in [0, 0.05) is 25.5 Å². The van der Waals surface area contributed by atoms with Crippen molar-refractivity contribution in [1.29, 1.82) is 0 Å². The summed E-state index contributed by atoms with van der Waals surface area (Å²) < 4.78 is 39.5. The minimum Gasteiger partial charge on any atom is -0.381 e. The number of ether oxygens (including phenoxy) is 1. The highest BCUT2D eigenvalue weighted by Crippen LogP contribution is 2.20. The van der Waals surface area contributed by atoms with E-state index in [1.807, 2.05) is 0 Å². The summed E-state index contributed by atoms with van der Waals surface area (Å²) in [4.78, 5) is 0. The van der Waals surface area contributed by atoms with Crippen molar-refractivity contribution in [2.45, 2.75) is 25.4 Å². The van der Waals surface area contributed by atoms with Crippen LogP contribution in [0.3, 0.4) is 0 Å². The Morgan fingerprint density at radius 3 is 2.17 bits per heavy atom. The zero-order chi connectivity index (χ0) is 9.45. The summed E-state index contributed by atoms with van der Waals surface area (Å²) in [6.45, 7) is 0.609. The van der Waals surface area contributed by atoms with Crippen LogP contribution in [0.2, 0.25) is 0 Å². The molecule has 0 aliphatic rings. The van der Waals surface area contributed by atoms with E-state index in [9.17, 15) is 13.2 Å². The Balaban J connectivity index is 3.01. The summed E-state index contributed by atoms with van der Waals surface area (Å²) in [5.74, 6) is 0.485. The largest absolute Gasteiger partial charge is 0.389 e. The van der Waals surface area contributed by atoms with Crippen LogP contribution < -0.4 is 0 Å². The van der Waals surface area contributed by atoms with Crippen LogP contribution in [0.1, 0.15) is 19.3 Å². The third-order valence-corrected chi connectivity index (χ3v) is 1.44. The lowest BCUT2D eigenvalue weighted by atomic mass is 10.3. The van der Waals surface area contributed by atoms with Gasteiger partial charge in [0.1, 0.15) is 0 Å². The summed E-state index contributed by atoms with van der Waals surface area (Å²) in [5, 5.41) is 0. The molecule has 0 aromatic rings. The van der Waals surface area contributed by atoms with Crippen molar-refractivity contribution in [3.8, 4) is 0 Å². The fourth-order valence-electron chi connectivity index (χ4n) is 0.633. The van der Waals surface area contributed by atoms with Gasteiger partial charge in [-0.1, -0.05) is 0 Å². The lowest BCUT2D eigenvalue weighted by Gasteiger charge is -2.05. The normalized spacial score (nSPS) is 12.0. The Morgan fingerprint density at radius 1 is 1.08 bits per heavy atom. The third-order valence-electron chi connectivity index (χ3n) is 1.17. The molecule has 1 nitrogen and oxygen atoms in total. The summed E-state index contributed by atoms with van der Waals surface area (Å²) in [7, 11) is 0. The van der Waals surface area contributed by atoms with E-state index in [1.54, 1.807) is 0 Å². The first-order chi connectivity index (χ1) is 5.56. The Bertz CT molecular complexity index is 105. The number of hydrogen-bond donors (Lipinski definition) is 0. The van der Waals surface area contributed by atoms with Gasteiger partial charge in [0.25, 0.3) is 0 Å². The van der Waals surface area contributed by atoms with Crippen molar-refractivity contribution in [1.82, 2.24) is 0 Å². The quantitative estimate of drug-likeness (QED) is 0.478. The zero-order valence-electron chi connectivity index (χ0n) is 6.66. The van der Waals surface area contributed by atoms with E-state index in [0.29, 0.717) is 18.9 Å². The van der Waals surface area contributed by atoms with E-state index in [4.69, 9.17) is 16.3 Å². The van der Waals surface area contributed by atoms with Gasteiger partial charge in [-0.2, -0.15) is 13.2 Å². The van der Waals surface area contributed by atoms with Gasteiger partial charge < -0.3 is 4.74 Å². The molecule has 0 fully saturated rings. The van der Waals surface area contributed by atoms with Crippen molar-refractivity contribution in [2.75, 3.05) is 19.1 Å². The van der Waals surface area contributed by atoms with Gasteiger partial charge in [-0.15, -0.1) is 11.6 Å². The third kappa shape index (κ3) is 10.0. The molecule has 0 atom stereocenters. The van der Waals surface area contributed by atoms with Crippen LogP contribution in [-0.2, 0) is 4.74 Å². The molecule has 0 saturated carbocycles. The molecule has 0 radical (unpaired) electrons. The van der Waals surface area contributed by atoms with Gasteiger partial charge in [0.2, 0.25) is 0 Å². The molecule has 0 spiro atoms. The van der Waals surface area contributed by atoms with Crippen molar-refractivity contribution >= 4 is 11.6 Å². The van der Waals surface area contributed by atoms with Crippen LogP contribution in [0.15, 0.2) is 0 Å². The fourth-order valence-corrected chi connectivity index (χ4v) is 0.742. The second-order valence-electron chi connectivity index (χ2n) is 2.37. The molecule has 12 heavy (non-hydrogen) atoms. The molecule has 0 saturated heterocycles. The number of alkyl halides is 4. The highest BCUT2D eigenvalue weighted by molar-refractivity contribution is 6.17. The Hall–Kier alpha value is 0.0400. The summed E-state index contributed by atoms with van der Waals surface area (Å²) in [5.41, 5.74) is 0. The molecule has 0 amide bonds. The SMILES string of the molecule is FC(F)(F)CCCOCCCCl. The smallest absolute Gasteiger partial charge is 0.381 e. The second kappa shape index (κ2) is 6.54. The minimum absolute atomic E-state index is 0.0335. The first-order valence-electron chi connectivity index (χ1n) is 3.77. The minimum atomic E-state index is -4.06. The van der Waals surface area contributed by atoms with E-state index >= 15 is 0 Å². The van der Waals surface area contributed by atoms with Gasteiger partial charge in [-0.25, -0.2) is 0 Å². The highest BCUT2D eigenvalue weighted by Gasteiger charge is 2.25. The molecule has 0 N–H and O–H groups in total. The van der Waals surface area contributed by atoms with Gasteiger partial charge in [-0.3, -0.25) is 0 Å². The van der Waals surface area contributed by atoms with Crippen LogP contribution in [0.25, 0.3) is 0 Å². The average Bonchev–Trinajstić information content (AvgIpc) is 1.94. The van der Waals surface area contributed by atoms with E-state index < -0.39 is 12.6 Å². The standard InChI is InChI=1S/C7H12ClF3O/c8-4-2-6-12-5-1-3-7(9,10)11/h1-6H2. The topological polar surface area (TPSA) is 9.23 Å². The molecular formula is C7H12ClF3O. The summed E-state index contributed by atoms with van der Waals surface area (Å²) in [6.07, 6.45) is -4.11. The Morgan fingerprint density at radius 2 is 1.67 bits per heavy atom. The molecule has 74 valence electrons. The van der Waals surface area contributed by atoms with Gasteiger partial charge in [-0.05, 0) is 12.8 Å². The van der Waals surface area contributed by atoms with Crippen LogP contribution >= 0.6 is 11.6 Å². The predicted molar refractivity (Wildman–Crippen MR) is 41.4 cm³/mol. The molecule has 0 aromatic heterocycles. The number of hydrogen-bond acceptors (Lipinski definition) is 1. The monoisotopic (exact) mass is 204 g/mol. The average molecular weight is 205 g/mol. The van der Waals surface area contributed by atoms with E-state index in [2.05, 4.69) is 0 Å². The van der Waals surface area contributed by atoms with Crippen LogP contribution in [0.4, 0.5) is 13.2 Å². The van der Waals surface area contributed by atoms with E-state index in [0.717, 1.165) is 0 Å². The maximum absolute atomic E-state index is 11.6. The molecule has 0 aliphatic carbocycles. The molecular weight excluding hydrogens is 193 g/mol. The fraction of sp³-hybridized carbons (Fsp3) is 1.00. The van der Waals surface area contributed by atoms with Gasteiger partial charge >= 0.3 is 6.18 Å². The van der Waals surface area contributed by atoms with Crippen molar-refractivity contribution in [3.05, 3.63) is 0 Å². The lowest BCUT2D eigenvalue weighted by Crippen LogP contribution is -2.09. The molecule has 0 heterocycles. The molecule has 0 unspecified atom stereocenters. The first kappa shape index (κ1) is 12.0. The summed E-state index contributed by atoms with van der Waals surface area (Å²) in [6, 6.07) is 0. The first-order valence-corrected chi connectivity index (χ1v) is 4.30. The number of halogens is 4. The van der Waals surface area contributed by atoms with Crippen LogP contribution in [0, 0.1) is 0 Å². The van der Waals surface area contributed by atoms with E-state index in [1.165, 1.54) is 0 Å². The Labute approximate surface area is 74.8 Å². The van der Waals surface area contributed by atoms with Crippen LogP contribution in [0.5, 0.6) is 0 Å². The zero-order valence-corrected chi connectivity index (χ0v) is 7.42. The second-order valence-corrected chi connectivity index (χ2v) is 2.75. The van der Waals surface area contributed by atoms with Crippen LogP contribution in [-0.4, -0.2) is 25.3 Å². The number of rotatable bonds is 6. The van der Waals surface area contributed by atoms with E-state index in [-0.39, 0.29) is 13.0 Å².